The van der Waals surface area contributed by atoms with E-state index in [0.717, 1.165) is 50.4 Å². The number of hydrogen-bond donors (Lipinski definition) is 0. The second-order valence-electron chi connectivity index (χ2n) is 16.3. The molecule has 0 spiro atoms. The summed E-state index contributed by atoms with van der Waals surface area (Å²) in [6.07, 6.45) is 10.9. The Bertz CT molecular complexity index is 2510. The van der Waals surface area contributed by atoms with Gasteiger partial charge in [-0.05, 0) is 111 Å². The Balaban J connectivity index is 1.22. The minimum absolute atomic E-state index is 0.0753. The average Bonchev–Trinajstić information content (AvgIpc) is 3.72. The summed E-state index contributed by atoms with van der Waals surface area (Å²) < 4.78 is 6.01. The minimum atomic E-state index is 0.0753. The molecule has 0 amide bonds. The first-order chi connectivity index (χ1) is 27.4. The molecule has 0 unspecified atom stereocenters. The van der Waals surface area contributed by atoms with Gasteiger partial charge in [0.2, 0.25) is 11.8 Å². The van der Waals surface area contributed by atoms with Gasteiger partial charge < -0.3 is 9.32 Å². The predicted octanol–water partition coefficient (Wildman–Crippen LogP) is 14.4. The molecule has 4 nitrogen and oxygen atoms in total. The molecule has 0 radical (unpaired) electrons. The van der Waals surface area contributed by atoms with E-state index in [4.69, 9.17) is 10.8 Å². The van der Waals surface area contributed by atoms with Crippen molar-refractivity contribution in [1.82, 2.24) is 10.2 Å². The Morgan fingerprint density at radius 1 is 0.544 bits per heavy atom. The number of nitrogens with zero attached hydrogens (tertiary/aromatic N) is 3. The Kier molecular flexibility index (Phi) is 11.0. The summed E-state index contributed by atoms with van der Waals surface area (Å²) in [5, 5.41) is 8.53. The van der Waals surface area contributed by atoms with Gasteiger partial charge in [0.15, 0.2) is 0 Å². The summed E-state index contributed by atoms with van der Waals surface area (Å²) in [6.45, 7) is 15.5. The van der Waals surface area contributed by atoms with Crippen LogP contribution in [0, 0.1) is 12.3 Å². The van der Waals surface area contributed by atoms with Gasteiger partial charge in [-0.1, -0.05) is 157 Å². The molecule has 0 aliphatic heterocycles. The Morgan fingerprint density at radius 3 is 1.37 bits per heavy atom. The highest BCUT2D eigenvalue weighted by Gasteiger charge is 2.20. The van der Waals surface area contributed by atoms with E-state index in [1.54, 1.807) is 6.08 Å². The lowest BCUT2D eigenvalue weighted by molar-refractivity contribution is 0.554. The molecule has 0 saturated carbocycles. The lowest BCUT2D eigenvalue weighted by Gasteiger charge is -2.28. The number of rotatable bonds is 9. The third kappa shape index (κ3) is 8.44. The van der Waals surface area contributed by atoms with Crippen LogP contribution in [-0.2, 0) is 10.8 Å². The maximum atomic E-state index is 6.01. The lowest BCUT2D eigenvalue weighted by Crippen LogP contribution is -2.14. The Hall–Kier alpha value is -6.70. The zero-order valence-electron chi connectivity index (χ0n) is 33.9. The van der Waals surface area contributed by atoms with Crippen molar-refractivity contribution in [2.75, 3.05) is 4.90 Å². The second kappa shape index (κ2) is 16.2. The van der Waals surface area contributed by atoms with E-state index in [1.807, 2.05) is 31.2 Å². The lowest BCUT2D eigenvalue weighted by atomic mass is 9.86. The van der Waals surface area contributed by atoms with Crippen LogP contribution in [-0.4, -0.2) is 10.2 Å². The Labute approximate surface area is 338 Å². The molecule has 0 saturated heterocycles. The zero-order chi connectivity index (χ0) is 40.2. The number of anilines is 3. The first-order valence-corrected chi connectivity index (χ1v) is 19.5. The predicted molar refractivity (Wildman–Crippen MR) is 240 cm³/mol. The van der Waals surface area contributed by atoms with E-state index in [2.05, 4.69) is 196 Å². The van der Waals surface area contributed by atoms with E-state index in [-0.39, 0.29) is 10.8 Å². The molecule has 282 valence electrons. The number of benzene rings is 6. The number of hydrogen-bond acceptors (Lipinski definition) is 4. The molecule has 7 rings (SSSR count). The van der Waals surface area contributed by atoms with Gasteiger partial charge in [-0.25, -0.2) is 0 Å². The van der Waals surface area contributed by atoms with Gasteiger partial charge in [0.05, 0.1) is 0 Å². The highest BCUT2D eigenvalue weighted by atomic mass is 16.4. The third-order valence-corrected chi connectivity index (χ3v) is 10.3. The van der Waals surface area contributed by atoms with E-state index < -0.39 is 0 Å². The molecule has 57 heavy (non-hydrogen) atoms. The van der Waals surface area contributed by atoms with Crippen LogP contribution in [0.15, 0.2) is 168 Å². The smallest absolute Gasteiger partial charge is 0.248 e. The summed E-state index contributed by atoms with van der Waals surface area (Å²) in [5.41, 5.74) is 14.5. The van der Waals surface area contributed by atoms with Gasteiger partial charge in [0.25, 0.3) is 0 Å². The summed E-state index contributed by atoms with van der Waals surface area (Å²) >= 11 is 0. The van der Waals surface area contributed by atoms with Gasteiger partial charge in [-0.3, -0.25) is 0 Å². The van der Waals surface area contributed by atoms with E-state index in [1.165, 1.54) is 16.7 Å². The van der Waals surface area contributed by atoms with Crippen LogP contribution in [0.5, 0.6) is 0 Å². The van der Waals surface area contributed by atoms with Crippen molar-refractivity contribution in [2.45, 2.75) is 59.3 Å². The molecular weight excluding hydrogens is 695 g/mol. The number of terminal acetylenes is 1. The molecule has 0 fully saturated rings. The van der Waals surface area contributed by atoms with Crippen LogP contribution >= 0.6 is 0 Å². The fourth-order valence-electron chi connectivity index (χ4n) is 7.10. The molecule has 6 aromatic carbocycles. The van der Waals surface area contributed by atoms with E-state index in [0.29, 0.717) is 17.4 Å². The normalized spacial score (nSPS) is 12.1. The molecule has 1 aromatic heterocycles. The number of allylic oxidation sites excluding steroid dienone is 4. The quantitative estimate of drug-likeness (QED) is 0.109. The fourth-order valence-corrected chi connectivity index (χ4v) is 7.10. The minimum Gasteiger partial charge on any atom is -0.416 e. The molecule has 1 heterocycles. The van der Waals surface area contributed by atoms with Crippen molar-refractivity contribution in [1.29, 1.82) is 0 Å². The molecule has 0 aliphatic carbocycles. The SMILES string of the molecule is C#CC=C(C=CC)c1nnc(-c2ccc(-c3ccccc3-c3ccccc3-c3ccc(N(c4ccc(C(C)(C)C)cc4)c4ccc(C(C)(C)C)cc4)cc3)cc2)o1. The molecular formula is C53H49N3O. The van der Waals surface area contributed by atoms with Crippen LogP contribution in [0.2, 0.25) is 0 Å². The largest absolute Gasteiger partial charge is 0.416 e. The summed E-state index contributed by atoms with van der Waals surface area (Å²) in [4.78, 5) is 2.35. The maximum Gasteiger partial charge on any atom is 0.248 e. The Morgan fingerprint density at radius 2 is 0.947 bits per heavy atom. The van der Waals surface area contributed by atoms with Crippen molar-refractivity contribution in [2.24, 2.45) is 0 Å². The molecule has 0 atom stereocenters. The van der Waals surface area contributed by atoms with Crippen LogP contribution < -0.4 is 4.90 Å². The van der Waals surface area contributed by atoms with Gasteiger partial charge in [0.1, 0.15) is 0 Å². The standard InChI is InChI=1S/C53H49N3O/c1-9-15-39(16-10-2)50-54-55-51(57-50)40-23-21-37(22-24-40)46-17-11-13-19-48(46)49-20-14-12-18-47(49)38-25-31-43(32-26-38)56(44-33-27-41(28-34-44)52(3,4)5)45-35-29-42(30-36-45)53(6,7)8/h1,10-36H,2-8H3. The van der Waals surface area contributed by atoms with Crippen LogP contribution in [0.1, 0.15) is 65.5 Å². The first-order valence-electron chi connectivity index (χ1n) is 19.5. The van der Waals surface area contributed by atoms with Gasteiger partial charge in [0, 0.05) is 34.3 Å². The zero-order valence-corrected chi connectivity index (χ0v) is 33.9. The van der Waals surface area contributed by atoms with Crippen molar-refractivity contribution >= 4 is 22.6 Å². The third-order valence-electron chi connectivity index (χ3n) is 10.3. The monoisotopic (exact) mass is 743 g/mol. The molecule has 0 N–H and O–H groups in total. The summed E-state index contributed by atoms with van der Waals surface area (Å²) in [5.74, 6) is 3.37. The summed E-state index contributed by atoms with van der Waals surface area (Å²) in [6, 6.07) is 52.4. The van der Waals surface area contributed by atoms with Crippen molar-refractivity contribution in [3.8, 4) is 57.2 Å². The molecule has 4 heteroatoms. The topological polar surface area (TPSA) is 42.2 Å². The molecule has 7 aromatic rings. The van der Waals surface area contributed by atoms with Gasteiger partial charge in [-0.15, -0.1) is 16.6 Å². The van der Waals surface area contributed by atoms with E-state index in [9.17, 15) is 0 Å². The molecule has 0 aliphatic rings. The van der Waals surface area contributed by atoms with Gasteiger partial charge in [-0.2, -0.15) is 0 Å². The molecule has 0 bridgehead atoms. The number of aromatic nitrogens is 2. The fraction of sp³-hybridized carbons (Fsp3) is 0.170. The van der Waals surface area contributed by atoms with E-state index >= 15 is 0 Å². The summed E-state index contributed by atoms with van der Waals surface area (Å²) in [7, 11) is 0. The van der Waals surface area contributed by atoms with Crippen molar-refractivity contribution in [3.05, 3.63) is 181 Å². The van der Waals surface area contributed by atoms with Gasteiger partial charge >= 0.3 is 0 Å². The maximum absolute atomic E-state index is 6.01. The van der Waals surface area contributed by atoms with Crippen LogP contribution in [0.3, 0.4) is 0 Å². The van der Waals surface area contributed by atoms with Crippen LogP contribution in [0.4, 0.5) is 17.1 Å². The first kappa shape index (κ1) is 38.6. The highest BCUT2D eigenvalue weighted by molar-refractivity contribution is 5.92. The second-order valence-corrected chi connectivity index (χ2v) is 16.3. The highest BCUT2D eigenvalue weighted by Crippen LogP contribution is 2.41. The van der Waals surface area contributed by atoms with Crippen molar-refractivity contribution in [3.63, 3.8) is 0 Å². The van der Waals surface area contributed by atoms with Crippen molar-refractivity contribution < 1.29 is 4.42 Å². The van der Waals surface area contributed by atoms with Crippen LogP contribution in [0.25, 0.3) is 50.4 Å². The average molecular weight is 744 g/mol.